The van der Waals surface area contributed by atoms with E-state index in [2.05, 4.69) is 0 Å². The van der Waals surface area contributed by atoms with Gasteiger partial charge in [0.2, 0.25) is 0 Å². The summed E-state index contributed by atoms with van der Waals surface area (Å²) >= 11 is 0. The van der Waals surface area contributed by atoms with Crippen molar-refractivity contribution in [3.8, 4) is 23.0 Å². The van der Waals surface area contributed by atoms with E-state index in [4.69, 9.17) is 9.47 Å². The van der Waals surface area contributed by atoms with Crippen molar-refractivity contribution in [2.45, 2.75) is 0 Å². The highest BCUT2D eigenvalue weighted by molar-refractivity contribution is 6.15. The average Bonchev–Trinajstić information content (AvgIpc) is 2.48. The van der Waals surface area contributed by atoms with Crippen LogP contribution in [0.4, 0.5) is 0 Å². The zero-order valence-electron chi connectivity index (χ0n) is 11.2. The van der Waals surface area contributed by atoms with Gasteiger partial charge >= 0.3 is 0 Å². The van der Waals surface area contributed by atoms with E-state index in [1.807, 2.05) is 24.3 Å². The van der Waals surface area contributed by atoms with Crippen molar-refractivity contribution in [2.24, 2.45) is 0 Å². The van der Waals surface area contributed by atoms with Crippen LogP contribution in [0, 0.1) is 0 Å². The highest BCUT2D eigenvalue weighted by Crippen LogP contribution is 2.48. The lowest BCUT2D eigenvalue weighted by Crippen LogP contribution is -1.93. The first-order chi connectivity index (χ1) is 9.69. The molecule has 20 heavy (non-hydrogen) atoms. The molecule has 0 radical (unpaired) electrons. The summed E-state index contributed by atoms with van der Waals surface area (Å²) in [7, 11) is 3.08. The molecule has 3 aromatic rings. The van der Waals surface area contributed by atoms with Gasteiger partial charge in [-0.1, -0.05) is 24.3 Å². The first-order valence-electron chi connectivity index (χ1n) is 6.16. The summed E-state index contributed by atoms with van der Waals surface area (Å²) in [6.07, 6.45) is 0. The Bertz CT molecular complexity index is 741. The molecule has 0 heterocycles. The first-order valence-corrected chi connectivity index (χ1v) is 6.16. The molecule has 0 fully saturated rings. The van der Waals surface area contributed by atoms with Crippen LogP contribution >= 0.6 is 0 Å². The molecule has 0 unspecified atom stereocenters. The second-order valence-electron chi connectivity index (χ2n) is 4.47. The number of phenols is 2. The molecule has 0 saturated carbocycles. The van der Waals surface area contributed by atoms with Crippen LogP contribution in [-0.2, 0) is 0 Å². The summed E-state index contributed by atoms with van der Waals surface area (Å²) in [5.74, 6) is 1.12. The maximum absolute atomic E-state index is 10.1. The fourth-order valence-electron chi connectivity index (χ4n) is 2.61. The molecule has 0 spiro atoms. The number of hydrogen-bond acceptors (Lipinski definition) is 4. The molecule has 0 aliphatic carbocycles. The maximum Gasteiger partial charge on any atom is 0.138 e. The summed E-state index contributed by atoms with van der Waals surface area (Å²) in [6, 6.07) is 10.4. The fourth-order valence-corrected chi connectivity index (χ4v) is 2.61. The summed E-state index contributed by atoms with van der Waals surface area (Å²) in [6.45, 7) is 0. The predicted molar refractivity (Wildman–Crippen MR) is 77.9 cm³/mol. The summed E-state index contributed by atoms with van der Waals surface area (Å²) in [5, 5.41) is 22.8. The summed E-state index contributed by atoms with van der Waals surface area (Å²) in [5.41, 5.74) is 0. The number of rotatable bonds is 2. The molecular formula is C16H14O4. The van der Waals surface area contributed by atoms with Crippen molar-refractivity contribution < 1.29 is 19.7 Å². The van der Waals surface area contributed by atoms with Crippen molar-refractivity contribution >= 4 is 21.5 Å². The Morgan fingerprint density at radius 2 is 1.10 bits per heavy atom. The number of phenolic OH excluding ortho intramolecular Hbond substituents is 2. The number of benzene rings is 3. The van der Waals surface area contributed by atoms with Crippen LogP contribution in [0.15, 0.2) is 36.4 Å². The Kier molecular flexibility index (Phi) is 2.79. The number of fused-ring (bicyclic) bond motifs is 2. The Morgan fingerprint density at radius 3 is 1.45 bits per heavy atom. The van der Waals surface area contributed by atoms with Gasteiger partial charge in [-0.25, -0.2) is 0 Å². The highest BCUT2D eigenvalue weighted by Gasteiger charge is 2.20. The van der Waals surface area contributed by atoms with E-state index in [0.717, 1.165) is 10.8 Å². The molecule has 0 aliphatic heterocycles. The average molecular weight is 270 g/mol. The molecule has 3 aromatic carbocycles. The third-order valence-electron chi connectivity index (χ3n) is 3.44. The number of hydrogen-bond donors (Lipinski definition) is 2. The lowest BCUT2D eigenvalue weighted by atomic mass is 9.99. The van der Waals surface area contributed by atoms with E-state index in [-0.39, 0.29) is 11.5 Å². The van der Waals surface area contributed by atoms with E-state index < -0.39 is 0 Å². The van der Waals surface area contributed by atoms with Gasteiger partial charge in [0.1, 0.15) is 23.0 Å². The molecule has 3 rings (SSSR count). The van der Waals surface area contributed by atoms with Gasteiger partial charge in [-0.05, 0) is 12.1 Å². The van der Waals surface area contributed by atoms with E-state index in [1.54, 1.807) is 0 Å². The number of ether oxygens (including phenoxy) is 2. The Labute approximate surface area is 115 Å². The number of aromatic hydroxyl groups is 2. The van der Waals surface area contributed by atoms with Crippen LogP contribution in [0.25, 0.3) is 21.5 Å². The van der Waals surface area contributed by atoms with Crippen molar-refractivity contribution in [1.29, 1.82) is 0 Å². The van der Waals surface area contributed by atoms with Crippen LogP contribution < -0.4 is 9.47 Å². The third-order valence-corrected chi connectivity index (χ3v) is 3.44. The van der Waals surface area contributed by atoms with Gasteiger partial charge in [-0.3, -0.25) is 0 Å². The van der Waals surface area contributed by atoms with Crippen molar-refractivity contribution in [2.75, 3.05) is 14.2 Å². The second-order valence-corrected chi connectivity index (χ2v) is 4.47. The SMILES string of the molecule is COc1c2ccccc2c(OC)c2c(O)ccc(O)c12. The molecule has 102 valence electrons. The van der Waals surface area contributed by atoms with E-state index in [9.17, 15) is 10.2 Å². The molecule has 0 saturated heterocycles. The van der Waals surface area contributed by atoms with Gasteiger partial charge in [-0.2, -0.15) is 0 Å². The Hall–Kier alpha value is -2.62. The standard InChI is InChI=1S/C16H14O4/c1-19-15-9-5-3-4-6-10(9)16(20-2)14-12(18)8-7-11(17)13(14)15/h3-8,17-18H,1-2H3. The van der Waals surface area contributed by atoms with E-state index >= 15 is 0 Å². The summed E-state index contributed by atoms with van der Waals surface area (Å²) < 4.78 is 10.9. The van der Waals surface area contributed by atoms with Crippen LogP contribution in [0.1, 0.15) is 0 Å². The predicted octanol–water partition coefficient (Wildman–Crippen LogP) is 3.42. The fraction of sp³-hybridized carbons (Fsp3) is 0.125. The topological polar surface area (TPSA) is 58.9 Å². The smallest absolute Gasteiger partial charge is 0.138 e. The normalized spacial score (nSPS) is 10.9. The molecule has 0 amide bonds. The molecule has 0 bridgehead atoms. The third kappa shape index (κ3) is 1.54. The summed E-state index contributed by atoms with van der Waals surface area (Å²) in [4.78, 5) is 0. The maximum atomic E-state index is 10.1. The van der Waals surface area contributed by atoms with E-state index in [0.29, 0.717) is 22.3 Å². The van der Waals surface area contributed by atoms with Gasteiger partial charge in [0.05, 0.1) is 25.0 Å². The van der Waals surface area contributed by atoms with Crippen LogP contribution in [-0.4, -0.2) is 24.4 Å². The van der Waals surface area contributed by atoms with Crippen molar-refractivity contribution in [3.05, 3.63) is 36.4 Å². The molecular weight excluding hydrogens is 256 g/mol. The van der Waals surface area contributed by atoms with Gasteiger partial charge < -0.3 is 19.7 Å². The van der Waals surface area contributed by atoms with Gasteiger partial charge in [-0.15, -0.1) is 0 Å². The second kappa shape index (κ2) is 4.49. The minimum atomic E-state index is 0.0405. The van der Waals surface area contributed by atoms with Gasteiger partial charge in [0.15, 0.2) is 0 Å². The Morgan fingerprint density at radius 1 is 0.700 bits per heavy atom. The zero-order valence-corrected chi connectivity index (χ0v) is 11.2. The zero-order chi connectivity index (χ0) is 14.3. The molecule has 0 aromatic heterocycles. The molecule has 2 N–H and O–H groups in total. The highest BCUT2D eigenvalue weighted by atomic mass is 16.5. The van der Waals surface area contributed by atoms with E-state index in [1.165, 1.54) is 26.4 Å². The first kappa shape index (κ1) is 12.4. The van der Waals surface area contributed by atoms with Crippen molar-refractivity contribution in [1.82, 2.24) is 0 Å². The minimum Gasteiger partial charge on any atom is -0.507 e. The molecule has 0 atom stereocenters. The minimum absolute atomic E-state index is 0.0405. The van der Waals surface area contributed by atoms with Crippen LogP contribution in [0.3, 0.4) is 0 Å². The largest absolute Gasteiger partial charge is 0.507 e. The van der Waals surface area contributed by atoms with Crippen LogP contribution in [0.2, 0.25) is 0 Å². The molecule has 4 heteroatoms. The quantitative estimate of drug-likeness (QED) is 0.553. The molecule has 4 nitrogen and oxygen atoms in total. The van der Waals surface area contributed by atoms with Crippen LogP contribution in [0.5, 0.6) is 23.0 Å². The van der Waals surface area contributed by atoms with Gasteiger partial charge in [0, 0.05) is 10.8 Å². The lowest BCUT2D eigenvalue weighted by molar-refractivity contribution is 0.411. The molecule has 0 aliphatic rings. The lowest BCUT2D eigenvalue weighted by Gasteiger charge is -2.16. The van der Waals surface area contributed by atoms with Crippen molar-refractivity contribution in [3.63, 3.8) is 0 Å². The monoisotopic (exact) mass is 270 g/mol. The Balaban J connectivity index is 2.69. The van der Waals surface area contributed by atoms with Gasteiger partial charge in [0.25, 0.3) is 0 Å². The number of methoxy groups -OCH3 is 2.